The van der Waals surface area contributed by atoms with Gasteiger partial charge in [0.1, 0.15) is 6.04 Å². The van der Waals surface area contributed by atoms with Gasteiger partial charge in [-0.05, 0) is 11.6 Å². The van der Waals surface area contributed by atoms with Gasteiger partial charge in [0.2, 0.25) is 15.9 Å². The third-order valence-electron chi connectivity index (χ3n) is 2.08. The first-order valence-electron chi connectivity index (χ1n) is 3.93. The Morgan fingerprint density at radius 2 is 2.00 bits per heavy atom. The highest BCUT2D eigenvalue weighted by atomic mass is 32.2. The van der Waals surface area contributed by atoms with E-state index in [0.717, 1.165) is 0 Å². The molecule has 74 valence electrons. The first kappa shape index (κ1) is 9.17. The number of amides is 1. The lowest BCUT2D eigenvalue weighted by atomic mass is 10.1. The monoisotopic (exact) mass is 212 g/mol. The Kier molecular flexibility index (Phi) is 1.83. The molecule has 1 heterocycles. The SMILES string of the molecule is NC(=O)C1NS(=O)(=O)c2ccccc21. The van der Waals surface area contributed by atoms with Crippen LogP contribution in [0.5, 0.6) is 0 Å². The fraction of sp³-hybridized carbons (Fsp3) is 0.125. The van der Waals surface area contributed by atoms with E-state index < -0.39 is 22.0 Å². The van der Waals surface area contributed by atoms with Crippen molar-refractivity contribution >= 4 is 15.9 Å². The van der Waals surface area contributed by atoms with Gasteiger partial charge in [0, 0.05) is 0 Å². The average molecular weight is 212 g/mol. The van der Waals surface area contributed by atoms with Gasteiger partial charge >= 0.3 is 0 Å². The minimum Gasteiger partial charge on any atom is -0.368 e. The van der Waals surface area contributed by atoms with Gasteiger partial charge in [0.15, 0.2) is 0 Å². The largest absolute Gasteiger partial charge is 0.368 e. The number of hydrogen-bond acceptors (Lipinski definition) is 3. The predicted octanol–water partition coefficient (Wildman–Crippen LogP) is -0.495. The molecule has 0 radical (unpaired) electrons. The van der Waals surface area contributed by atoms with Gasteiger partial charge in [-0.2, -0.15) is 4.72 Å². The van der Waals surface area contributed by atoms with E-state index in [4.69, 9.17) is 5.73 Å². The van der Waals surface area contributed by atoms with E-state index in [2.05, 4.69) is 4.72 Å². The zero-order chi connectivity index (χ0) is 10.3. The minimum absolute atomic E-state index is 0.129. The first-order valence-corrected chi connectivity index (χ1v) is 5.41. The van der Waals surface area contributed by atoms with Crippen LogP contribution in [0.3, 0.4) is 0 Å². The highest BCUT2D eigenvalue weighted by Crippen LogP contribution is 2.29. The molecule has 0 spiro atoms. The first-order chi connectivity index (χ1) is 6.52. The topological polar surface area (TPSA) is 89.3 Å². The van der Waals surface area contributed by atoms with Crippen molar-refractivity contribution in [3.63, 3.8) is 0 Å². The van der Waals surface area contributed by atoms with E-state index in [0.29, 0.717) is 5.56 Å². The van der Waals surface area contributed by atoms with Crippen LogP contribution >= 0.6 is 0 Å². The van der Waals surface area contributed by atoms with Crippen molar-refractivity contribution < 1.29 is 13.2 Å². The Balaban J connectivity index is 2.66. The van der Waals surface area contributed by atoms with Gasteiger partial charge in [-0.25, -0.2) is 8.42 Å². The number of nitrogens with one attached hydrogen (secondary N) is 1. The Morgan fingerprint density at radius 3 is 2.64 bits per heavy atom. The molecule has 1 atom stereocenters. The summed E-state index contributed by atoms with van der Waals surface area (Å²) in [6.45, 7) is 0. The van der Waals surface area contributed by atoms with Crippen LogP contribution in [0.15, 0.2) is 29.2 Å². The molecule has 0 saturated carbocycles. The van der Waals surface area contributed by atoms with E-state index in [1.54, 1.807) is 18.2 Å². The number of fused-ring (bicyclic) bond motifs is 1. The van der Waals surface area contributed by atoms with Crippen LogP contribution in [-0.4, -0.2) is 14.3 Å². The summed E-state index contributed by atoms with van der Waals surface area (Å²) in [5, 5.41) is 0. The van der Waals surface area contributed by atoms with E-state index >= 15 is 0 Å². The number of hydrogen-bond donors (Lipinski definition) is 2. The number of carbonyl (C=O) groups is 1. The van der Waals surface area contributed by atoms with Gasteiger partial charge < -0.3 is 5.73 Å². The van der Waals surface area contributed by atoms with Crippen LogP contribution in [-0.2, 0) is 14.8 Å². The summed E-state index contributed by atoms with van der Waals surface area (Å²) in [6.07, 6.45) is 0. The van der Waals surface area contributed by atoms with Crippen molar-refractivity contribution in [1.29, 1.82) is 0 Å². The van der Waals surface area contributed by atoms with E-state index in [9.17, 15) is 13.2 Å². The highest BCUT2D eigenvalue weighted by Gasteiger charge is 2.36. The molecule has 2 rings (SSSR count). The number of primary amides is 1. The third-order valence-corrected chi connectivity index (χ3v) is 3.57. The van der Waals surface area contributed by atoms with E-state index in [1.165, 1.54) is 6.07 Å². The molecule has 5 nitrogen and oxygen atoms in total. The van der Waals surface area contributed by atoms with E-state index in [1.807, 2.05) is 0 Å². The molecule has 0 bridgehead atoms. The van der Waals surface area contributed by atoms with Crippen molar-refractivity contribution in [3.8, 4) is 0 Å². The average Bonchev–Trinajstić information content (AvgIpc) is 2.40. The van der Waals surface area contributed by atoms with Gasteiger partial charge in [-0.1, -0.05) is 18.2 Å². The molecule has 1 aliphatic rings. The Hall–Kier alpha value is -1.40. The lowest BCUT2D eigenvalue weighted by molar-refractivity contribution is -0.119. The fourth-order valence-corrected chi connectivity index (χ4v) is 2.89. The summed E-state index contributed by atoms with van der Waals surface area (Å²) in [4.78, 5) is 11.1. The second-order valence-corrected chi connectivity index (χ2v) is 4.68. The summed E-state index contributed by atoms with van der Waals surface area (Å²) in [6, 6.07) is 5.35. The molecule has 1 aliphatic heterocycles. The van der Waals surface area contributed by atoms with Crippen LogP contribution in [0, 0.1) is 0 Å². The van der Waals surface area contributed by atoms with E-state index in [-0.39, 0.29) is 4.90 Å². The molecule has 3 N–H and O–H groups in total. The van der Waals surface area contributed by atoms with Crippen molar-refractivity contribution in [3.05, 3.63) is 29.8 Å². The van der Waals surface area contributed by atoms with Gasteiger partial charge in [-0.15, -0.1) is 0 Å². The molecule has 0 fully saturated rings. The van der Waals surface area contributed by atoms with Crippen LogP contribution in [0.4, 0.5) is 0 Å². The number of sulfonamides is 1. The molecule has 1 amide bonds. The second kappa shape index (κ2) is 2.79. The maximum Gasteiger partial charge on any atom is 0.241 e. The zero-order valence-electron chi connectivity index (χ0n) is 7.10. The number of nitrogens with two attached hydrogens (primary N) is 1. The maximum atomic E-state index is 11.4. The summed E-state index contributed by atoms with van der Waals surface area (Å²) < 4.78 is 25.1. The summed E-state index contributed by atoms with van der Waals surface area (Å²) in [5.74, 6) is -0.696. The summed E-state index contributed by atoms with van der Waals surface area (Å²) in [5.41, 5.74) is 5.48. The Labute approximate surface area is 81.0 Å². The van der Waals surface area contributed by atoms with Gasteiger partial charge in [0.05, 0.1) is 4.90 Å². The third kappa shape index (κ3) is 1.19. The molecule has 1 unspecified atom stereocenters. The molecule has 1 aromatic carbocycles. The Bertz CT molecular complexity index is 495. The molecule has 1 aromatic rings. The standard InChI is InChI=1S/C8H8N2O3S/c9-8(11)7-5-3-1-2-4-6(5)14(12,13)10-7/h1-4,7,10H,(H2,9,11). The van der Waals surface area contributed by atoms with Crippen molar-refractivity contribution in [2.24, 2.45) is 5.73 Å². The molecule has 0 aromatic heterocycles. The zero-order valence-corrected chi connectivity index (χ0v) is 7.91. The number of rotatable bonds is 1. The molecular weight excluding hydrogens is 204 g/mol. The van der Waals surface area contributed by atoms with Crippen molar-refractivity contribution in [2.75, 3.05) is 0 Å². The minimum atomic E-state index is -3.55. The van der Waals surface area contributed by atoms with Gasteiger partial charge in [0.25, 0.3) is 0 Å². The summed E-state index contributed by atoms with van der Waals surface area (Å²) >= 11 is 0. The van der Waals surface area contributed by atoms with Gasteiger partial charge in [-0.3, -0.25) is 4.79 Å². The van der Waals surface area contributed by atoms with Crippen molar-refractivity contribution in [1.82, 2.24) is 4.72 Å². The summed E-state index contributed by atoms with van der Waals surface area (Å²) in [7, 11) is -3.55. The van der Waals surface area contributed by atoms with Crippen LogP contribution in [0.25, 0.3) is 0 Å². The molecule has 0 saturated heterocycles. The molecular formula is C8H8N2O3S. The smallest absolute Gasteiger partial charge is 0.241 e. The van der Waals surface area contributed by atoms with Crippen LogP contribution in [0.1, 0.15) is 11.6 Å². The number of benzene rings is 1. The van der Waals surface area contributed by atoms with Crippen LogP contribution < -0.4 is 10.5 Å². The molecule has 0 aliphatic carbocycles. The predicted molar refractivity (Wildman–Crippen MR) is 48.7 cm³/mol. The lowest BCUT2D eigenvalue weighted by Gasteiger charge is -2.03. The van der Waals surface area contributed by atoms with Crippen molar-refractivity contribution in [2.45, 2.75) is 10.9 Å². The quantitative estimate of drug-likeness (QED) is 0.658. The molecule has 14 heavy (non-hydrogen) atoms. The fourth-order valence-electron chi connectivity index (χ4n) is 1.46. The van der Waals surface area contributed by atoms with Crippen LogP contribution in [0.2, 0.25) is 0 Å². The number of carbonyl (C=O) groups excluding carboxylic acids is 1. The lowest BCUT2D eigenvalue weighted by Crippen LogP contribution is -2.31. The normalized spacial score (nSPS) is 23.0. The Morgan fingerprint density at radius 1 is 1.36 bits per heavy atom. The second-order valence-electron chi connectivity index (χ2n) is 2.99. The highest BCUT2D eigenvalue weighted by molar-refractivity contribution is 7.89. The maximum absolute atomic E-state index is 11.4. The molecule has 6 heteroatoms.